The standard InChI is InChI=1S/C15H20Cl2N2/c1-15(11-3-4-11)10-19(8-2-7-18-15)12-5-6-13(16)14(17)9-12/h5-6,9,11,18H,2-4,7-8,10H2,1H3. The van der Waals surface area contributed by atoms with Crippen LogP contribution in [0.2, 0.25) is 10.0 Å². The highest BCUT2D eigenvalue weighted by molar-refractivity contribution is 6.42. The van der Waals surface area contributed by atoms with Crippen molar-refractivity contribution in [3.05, 3.63) is 28.2 Å². The van der Waals surface area contributed by atoms with Gasteiger partial charge in [0.15, 0.2) is 0 Å². The molecule has 1 atom stereocenters. The third-order valence-electron chi connectivity index (χ3n) is 4.40. The minimum Gasteiger partial charge on any atom is -0.370 e. The van der Waals surface area contributed by atoms with Crippen LogP contribution in [-0.4, -0.2) is 25.2 Å². The Morgan fingerprint density at radius 2 is 2.05 bits per heavy atom. The van der Waals surface area contributed by atoms with Crippen LogP contribution in [0, 0.1) is 5.92 Å². The van der Waals surface area contributed by atoms with E-state index >= 15 is 0 Å². The fraction of sp³-hybridized carbons (Fsp3) is 0.600. The van der Waals surface area contributed by atoms with Gasteiger partial charge >= 0.3 is 0 Å². The van der Waals surface area contributed by atoms with Gasteiger partial charge in [-0.05, 0) is 56.8 Å². The molecular formula is C15H20Cl2N2. The highest BCUT2D eigenvalue weighted by Gasteiger charge is 2.43. The van der Waals surface area contributed by atoms with Gasteiger partial charge in [0.1, 0.15) is 0 Å². The maximum Gasteiger partial charge on any atom is 0.0612 e. The van der Waals surface area contributed by atoms with E-state index in [0.29, 0.717) is 10.0 Å². The van der Waals surface area contributed by atoms with Gasteiger partial charge in [-0.2, -0.15) is 0 Å². The van der Waals surface area contributed by atoms with Gasteiger partial charge in [-0.1, -0.05) is 23.2 Å². The second-order valence-electron chi connectivity index (χ2n) is 5.99. The molecule has 0 amide bonds. The summed E-state index contributed by atoms with van der Waals surface area (Å²) in [5, 5.41) is 5.02. The van der Waals surface area contributed by atoms with Crippen molar-refractivity contribution in [3.8, 4) is 0 Å². The van der Waals surface area contributed by atoms with E-state index < -0.39 is 0 Å². The lowest BCUT2D eigenvalue weighted by atomic mass is 9.95. The van der Waals surface area contributed by atoms with Crippen LogP contribution in [0.25, 0.3) is 0 Å². The molecule has 1 unspecified atom stereocenters. The van der Waals surface area contributed by atoms with Gasteiger partial charge in [-0.15, -0.1) is 0 Å². The molecular weight excluding hydrogens is 279 g/mol. The van der Waals surface area contributed by atoms with E-state index in [2.05, 4.69) is 23.2 Å². The monoisotopic (exact) mass is 298 g/mol. The quantitative estimate of drug-likeness (QED) is 0.889. The summed E-state index contributed by atoms with van der Waals surface area (Å²) in [6, 6.07) is 5.96. The third-order valence-corrected chi connectivity index (χ3v) is 5.14. The molecule has 2 aliphatic rings. The van der Waals surface area contributed by atoms with E-state index in [0.717, 1.165) is 25.6 Å². The largest absolute Gasteiger partial charge is 0.370 e. The zero-order valence-corrected chi connectivity index (χ0v) is 12.8. The van der Waals surface area contributed by atoms with Crippen LogP contribution in [0.4, 0.5) is 5.69 Å². The first kappa shape index (κ1) is 13.5. The van der Waals surface area contributed by atoms with Gasteiger partial charge in [0.25, 0.3) is 0 Å². The number of benzene rings is 1. The minimum absolute atomic E-state index is 0.239. The maximum atomic E-state index is 6.15. The fourth-order valence-electron chi connectivity index (χ4n) is 3.07. The van der Waals surface area contributed by atoms with Crippen molar-refractivity contribution in [1.29, 1.82) is 0 Å². The average Bonchev–Trinajstić information content (AvgIpc) is 3.19. The van der Waals surface area contributed by atoms with Crippen molar-refractivity contribution in [3.63, 3.8) is 0 Å². The van der Waals surface area contributed by atoms with Crippen molar-refractivity contribution in [2.45, 2.75) is 31.7 Å². The average molecular weight is 299 g/mol. The van der Waals surface area contributed by atoms with Crippen LogP contribution in [0.3, 0.4) is 0 Å². The van der Waals surface area contributed by atoms with E-state index in [9.17, 15) is 0 Å². The molecule has 0 aromatic heterocycles. The summed E-state index contributed by atoms with van der Waals surface area (Å²) in [5.41, 5.74) is 1.42. The molecule has 0 radical (unpaired) electrons. The molecule has 2 nitrogen and oxygen atoms in total. The van der Waals surface area contributed by atoms with Crippen LogP contribution in [0.5, 0.6) is 0 Å². The third kappa shape index (κ3) is 2.86. The normalized spacial score (nSPS) is 28.3. The lowest BCUT2D eigenvalue weighted by Gasteiger charge is -2.35. The first-order valence-electron chi connectivity index (χ1n) is 7.03. The Morgan fingerprint density at radius 3 is 2.74 bits per heavy atom. The van der Waals surface area contributed by atoms with Crippen molar-refractivity contribution < 1.29 is 0 Å². The second kappa shape index (κ2) is 5.16. The van der Waals surface area contributed by atoms with E-state index in [1.165, 1.54) is 24.9 Å². The second-order valence-corrected chi connectivity index (χ2v) is 6.81. The van der Waals surface area contributed by atoms with Crippen LogP contribution in [0.15, 0.2) is 18.2 Å². The van der Waals surface area contributed by atoms with Crippen molar-refractivity contribution in [2.75, 3.05) is 24.5 Å². The molecule has 1 aliphatic heterocycles. The Hall–Kier alpha value is -0.440. The molecule has 1 saturated heterocycles. The van der Waals surface area contributed by atoms with Crippen LogP contribution < -0.4 is 10.2 Å². The summed E-state index contributed by atoms with van der Waals surface area (Å²) in [6.07, 6.45) is 3.89. The Labute approximate surface area is 125 Å². The summed E-state index contributed by atoms with van der Waals surface area (Å²) >= 11 is 12.2. The van der Waals surface area contributed by atoms with Gasteiger partial charge in [0.05, 0.1) is 10.0 Å². The van der Waals surface area contributed by atoms with E-state index in [4.69, 9.17) is 23.2 Å². The zero-order valence-electron chi connectivity index (χ0n) is 11.3. The predicted octanol–water partition coefficient (Wildman–Crippen LogP) is 3.96. The Kier molecular flexibility index (Phi) is 3.67. The zero-order chi connectivity index (χ0) is 13.5. The van der Waals surface area contributed by atoms with Crippen LogP contribution in [0.1, 0.15) is 26.2 Å². The molecule has 0 spiro atoms. The van der Waals surface area contributed by atoms with Gasteiger partial charge in [-0.3, -0.25) is 0 Å². The molecule has 1 heterocycles. The molecule has 1 aromatic rings. The number of hydrogen-bond acceptors (Lipinski definition) is 2. The Bertz CT molecular complexity index is 473. The summed E-state index contributed by atoms with van der Waals surface area (Å²) < 4.78 is 0. The van der Waals surface area contributed by atoms with Gasteiger partial charge in [0.2, 0.25) is 0 Å². The first-order valence-corrected chi connectivity index (χ1v) is 7.79. The summed E-state index contributed by atoms with van der Waals surface area (Å²) in [4.78, 5) is 2.44. The Morgan fingerprint density at radius 1 is 1.26 bits per heavy atom. The maximum absolute atomic E-state index is 6.15. The fourth-order valence-corrected chi connectivity index (χ4v) is 3.36. The molecule has 4 heteroatoms. The molecule has 1 aliphatic carbocycles. The van der Waals surface area contributed by atoms with E-state index in [1.807, 2.05) is 12.1 Å². The molecule has 19 heavy (non-hydrogen) atoms. The summed E-state index contributed by atoms with van der Waals surface area (Å²) in [6.45, 7) is 5.59. The number of halogens is 2. The molecule has 1 aromatic carbocycles. The van der Waals surface area contributed by atoms with E-state index in [-0.39, 0.29) is 5.54 Å². The minimum atomic E-state index is 0.239. The Balaban J connectivity index is 1.83. The predicted molar refractivity (Wildman–Crippen MR) is 82.4 cm³/mol. The number of hydrogen-bond donors (Lipinski definition) is 1. The smallest absolute Gasteiger partial charge is 0.0612 e. The molecule has 1 saturated carbocycles. The highest BCUT2D eigenvalue weighted by atomic mass is 35.5. The lowest BCUT2D eigenvalue weighted by molar-refractivity contribution is 0.331. The molecule has 1 N–H and O–H groups in total. The van der Waals surface area contributed by atoms with E-state index in [1.54, 1.807) is 0 Å². The van der Waals surface area contributed by atoms with Gasteiger partial charge < -0.3 is 10.2 Å². The van der Waals surface area contributed by atoms with Crippen LogP contribution >= 0.6 is 23.2 Å². The number of rotatable bonds is 2. The summed E-state index contributed by atoms with van der Waals surface area (Å²) in [5.74, 6) is 0.830. The van der Waals surface area contributed by atoms with Crippen LogP contribution in [-0.2, 0) is 0 Å². The SMILES string of the molecule is CC1(C2CC2)CN(c2ccc(Cl)c(Cl)c2)CCCN1. The number of anilines is 1. The van der Waals surface area contributed by atoms with Crippen molar-refractivity contribution >= 4 is 28.9 Å². The van der Waals surface area contributed by atoms with Crippen molar-refractivity contribution in [1.82, 2.24) is 5.32 Å². The number of nitrogens with zero attached hydrogens (tertiary/aromatic N) is 1. The highest BCUT2D eigenvalue weighted by Crippen LogP contribution is 2.41. The summed E-state index contributed by atoms with van der Waals surface area (Å²) in [7, 11) is 0. The lowest BCUT2D eigenvalue weighted by Crippen LogP contribution is -2.51. The molecule has 2 fully saturated rings. The molecule has 104 valence electrons. The first-order chi connectivity index (χ1) is 9.08. The topological polar surface area (TPSA) is 15.3 Å². The van der Waals surface area contributed by atoms with Crippen molar-refractivity contribution in [2.24, 2.45) is 5.92 Å². The van der Waals surface area contributed by atoms with Gasteiger partial charge in [0, 0.05) is 24.3 Å². The molecule has 0 bridgehead atoms. The molecule has 3 rings (SSSR count). The number of nitrogens with one attached hydrogen (secondary N) is 1. The van der Waals surface area contributed by atoms with Gasteiger partial charge in [-0.25, -0.2) is 0 Å².